The zero-order valence-corrected chi connectivity index (χ0v) is 17.2. The number of fused-ring (bicyclic) bond motifs is 2. The van der Waals surface area contributed by atoms with Gasteiger partial charge in [-0.25, -0.2) is 13.9 Å². The molecule has 0 saturated carbocycles. The number of carbonyl (C=O) groups excluding carboxylic acids is 1. The molecular weight excluding hydrogens is 415 g/mol. The predicted molar refractivity (Wildman–Crippen MR) is 111 cm³/mol. The minimum atomic E-state index is -0.456. The lowest BCUT2D eigenvalue weighted by Gasteiger charge is -2.32. The third kappa shape index (κ3) is 3.03. The van der Waals surface area contributed by atoms with E-state index in [1.807, 2.05) is 4.90 Å². The molecule has 6 heterocycles. The van der Waals surface area contributed by atoms with Crippen molar-refractivity contribution < 1.29 is 13.6 Å². The first-order valence-corrected chi connectivity index (χ1v) is 10.7. The van der Waals surface area contributed by atoms with E-state index in [4.69, 9.17) is 4.42 Å². The predicted octanol–water partition coefficient (Wildman–Crippen LogP) is 2.36. The van der Waals surface area contributed by atoms with Crippen molar-refractivity contribution in [3.63, 3.8) is 0 Å². The molecule has 10 nitrogen and oxygen atoms in total. The number of piperidine rings is 1. The summed E-state index contributed by atoms with van der Waals surface area (Å²) in [6, 6.07) is 4.47. The molecule has 4 aromatic rings. The van der Waals surface area contributed by atoms with Crippen molar-refractivity contribution in [3.05, 3.63) is 59.5 Å². The van der Waals surface area contributed by atoms with Crippen molar-refractivity contribution in [2.24, 2.45) is 0 Å². The standard InChI is InChI=1S/C21H21FN8O2/c22-13-5-4-9-30-16(13)11-15(27-30)18-17-14(23-12-24-17)6-10-29(18)21-26-25-19(32-21)20(31)28-7-2-1-3-8-28/h4-5,9,11-12,18H,1-3,6-8,10H2,(H,23,24)/t18-/m0/s1. The van der Waals surface area contributed by atoms with Crippen LogP contribution < -0.4 is 4.90 Å². The van der Waals surface area contributed by atoms with E-state index in [1.165, 1.54) is 10.6 Å². The first-order chi connectivity index (χ1) is 15.7. The van der Waals surface area contributed by atoms with Gasteiger partial charge in [0, 0.05) is 37.9 Å². The summed E-state index contributed by atoms with van der Waals surface area (Å²) in [5.41, 5.74) is 2.72. The van der Waals surface area contributed by atoms with E-state index in [0.29, 0.717) is 37.3 Å². The number of aromatic amines is 1. The molecule has 2 aliphatic heterocycles. The van der Waals surface area contributed by atoms with Gasteiger partial charge >= 0.3 is 17.8 Å². The summed E-state index contributed by atoms with van der Waals surface area (Å²) in [6.45, 7) is 1.95. The first-order valence-electron chi connectivity index (χ1n) is 10.7. The molecule has 0 aliphatic carbocycles. The second-order valence-electron chi connectivity index (χ2n) is 8.11. The second kappa shape index (κ2) is 7.43. The number of pyridine rings is 1. The monoisotopic (exact) mass is 436 g/mol. The summed E-state index contributed by atoms with van der Waals surface area (Å²) in [7, 11) is 0. The Hall–Kier alpha value is -3.76. The number of hydrogen-bond donors (Lipinski definition) is 1. The van der Waals surface area contributed by atoms with Crippen LogP contribution in [0.1, 0.15) is 53.1 Å². The molecule has 0 aromatic carbocycles. The van der Waals surface area contributed by atoms with Gasteiger partial charge in [0.05, 0.1) is 17.7 Å². The summed E-state index contributed by atoms with van der Waals surface area (Å²) in [4.78, 5) is 24.1. The molecule has 2 aliphatic rings. The van der Waals surface area contributed by atoms with Crippen LogP contribution in [0.3, 0.4) is 0 Å². The van der Waals surface area contributed by atoms with E-state index in [-0.39, 0.29) is 23.6 Å². The lowest BCUT2D eigenvalue weighted by atomic mass is 10.0. The van der Waals surface area contributed by atoms with Crippen molar-refractivity contribution in [3.8, 4) is 0 Å². The van der Waals surface area contributed by atoms with E-state index in [9.17, 15) is 9.18 Å². The number of halogens is 1. The number of nitrogens with one attached hydrogen (secondary N) is 1. The van der Waals surface area contributed by atoms with Gasteiger partial charge < -0.3 is 19.2 Å². The van der Waals surface area contributed by atoms with E-state index in [2.05, 4.69) is 25.3 Å². The highest BCUT2D eigenvalue weighted by Gasteiger charge is 2.36. The Labute approximate surface area is 182 Å². The zero-order chi connectivity index (χ0) is 21.7. The van der Waals surface area contributed by atoms with Crippen LogP contribution in [0, 0.1) is 5.82 Å². The lowest BCUT2D eigenvalue weighted by Crippen LogP contribution is -2.37. The Kier molecular flexibility index (Phi) is 4.40. The summed E-state index contributed by atoms with van der Waals surface area (Å²) in [5.74, 6) is -0.621. The summed E-state index contributed by atoms with van der Waals surface area (Å²) in [5, 5.41) is 12.8. The highest BCUT2D eigenvalue weighted by molar-refractivity contribution is 5.89. The van der Waals surface area contributed by atoms with Crippen molar-refractivity contribution in [2.75, 3.05) is 24.5 Å². The second-order valence-corrected chi connectivity index (χ2v) is 8.11. The molecule has 11 heteroatoms. The van der Waals surface area contributed by atoms with Crippen LogP contribution >= 0.6 is 0 Å². The normalized spacial score (nSPS) is 18.8. The summed E-state index contributed by atoms with van der Waals surface area (Å²) < 4.78 is 21.7. The highest BCUT2D eigenvalue weighted by Crippen LogP contribution is 2.36. The Bertz CT molecular complexity index is 1290. The molecule has 1 saturated heterocycles. The van der Waals surface area contributed by atoms with Gasteiger partial charge in [-0.15, -0.1) is 5.10 Å². The average molecular weight is 436 g/mol. The van der Waals surface area contributed by atoms with Gasteiger partial charge in [-0.2, -0.15) is 5.10 Å². The maximum absolute atomic E-state index is 14.3. The van der Waals surface area contributed by atoms with Crippen LogP contribution in [0.25, 0.3) is 5.52 Å². The Balaban J connectivity index is 1.38. The van der Waals surface area contributed by atoms with Gasteiger partial charge in [0.2, 0.25) is 0 Å². The van der Waals surface area contributed by atoms with Crippen molar-refractivity contribution in [1.29, 1.82) is 0 Å². The molecule has 0 radical (unpaired) electrons. The van der Waals surface area contributed by atoms with Gasteiger partial charge in [-0.05, 0) is 37.5 Å². The number of likely N-dealkylation sites (tertiary alicyclic amines) is 1. The SMILES string of the molecule is O=C(c1nnc(N2CCc3[nH]cnc3[C@@H]2c2cc3c(F)cccn3n2)o1)N1CCCCC1. The molecule has 164 valence electrons. The van der Waals surface area contributed by atoms with Gasteiger partial charge in [0.1, 0.15) is 17.4 Å². The van der Waals surface area contributed by atoms with Crippen LogP contribution in [0.4, 0.5) is 10.4 Å². The number of imidazole rings is 1. The van der Waals surface area contributed by atoms with Crippen LogP contribution in [0.5, 0.6) is 0 Å². The summed E-state index contributed by atoms with van der Waals surface area (Å²) >= 11 is 0. The maximum Gasteiger partial charge on any atom is 0.319 e. The molecule has 1 atom stereocenters. The van der Waals surface area contributed by atoms with Gasteiger partial charge in [-0.1, -0.05) is 5.10 Å². The summed E-state index contributed by atoms with van der Waals surface area (Å²) in [6.07, 6.45) is 7.10. The molecular formula is C21H21FN8O2. The Morgan fingerprint density at radius 3 is 2.91 bits per heavy atom. The Morgan fingerprint density at radius 2 is 2.06 bits per heavy atom. The van der Waals surface area contributed by atoms with Crippen molar-refractivity contribution in [2.45, 2.75) is 31.7 Å². The number of amides is 1. The fourth-order valence-electron chi connectivity index (χ4n) is 4.57. The number of rotatable bonds is 3. The molecule has 4 aromatic heterocycles. The van der Waals surface area contributed by atoms with Gasteiger partial charge in [0.25, 0.3) is 0 Å². The molecule has 1 fully saturated rings. The molecule has 32 heavy (non-hydrogen) atoms. The minimum absolute atomic E-state index is 0.0190. The van der Waals surface area contributed by atoms with E-state index in [1.54, 1.807) is 29.6 Å². The molecule has 0 spiro atoms. The fourth-order valence-corrected chi connectivity index (χ4v) is 4.57. The smallest absolute Gasteiger partial charge is 0.319 e. The third-order valence-electron chi connectivity index (χ3n) is 6.16. The van der Waals surface area contributed by atoms with Crippen molar-refractivity contribution in [1.82, 2.24) is 34.7 Å². The quantitative estimate of drug-likeness (QED) is 0.525. The highest BCUT2D eigenvalue weighted by atomic mass is 19.1. The van der Waals surface area contributed by atoms with E-state index in [0.717, 1.165) is 30.7 Å². The number of carbonyl (C=O) groups is 1. The van der Waals surface area contributed by atoms with Crippen LogP contribution in [-0.2, 0) is 6.42 Å². The van der Waals surface area contributed by atoms with Gasteiger partial charge in [0.15, 0.2) is 0 Å². The molecule has 0 bridgehead atoms. The third-order valence-corrected chi connectivity index (χ3v) is 6.16. The number of H-pyrrole nitrogens is 1. The van der Waals surface area contributed by atoms with E-state index < -0.39 is 6.04 Å². The number of nitrogens with zero attached hydrogens (tertiary/aromatic N) is 7. The molecule has 6 rings (SSSR count). The van der Waals surface area contributed by atoms with Crippen LogP contribution in [0.2, 0.25) is 0 Å². The minimum Gasteiger partial charge on any atom is -0.399 e. The molecule has 0 unspecified atom stereocenters. The van der Waals surface area contributed by atoms with Crippen LogP contribution in [-0.4, -0.2) is 60.2 Å². The number of aromatic nitrogens is 6. The Morgan fingerprint density at radius 1 is 1.19 bits per heavy atom. The van der Waals surface area contributed by atoms with Crippen LogP contribution in [0.15, 0.2) is 35.1 Å². The number of hydrogen-bond acceptors (Lipinski definition) is 7. The largest absolute Gasteiger partial charge is 0.399 e. The maximum atomic E-state index is 14.3. The van der Waals surface area contributed by atoms with E-state index >= 15 is 0 Å². The first kappa shape index (κ1) is 19.0. The fraction of sp³-hybridized carbons (Fsp3) is 0.381. The molecule has 1 N–H and O–H groups in total. The van der Waals surface area contributed by atoms with Crippen molar-refractivity contribution >= 4 is 17.4 Å². The topological polar surface area (TPSA) is 108 Å². The zero-order valence-electron chi connectivity index (χ0n) is 17.2. The lowest BCUT2D eigenvalue weighted by molar-refractivity contribution is 0.0684. The van der Waals surface area contributed by atoms with Gasteiger partial charge in [-0.3, -0.25) is 4.79 Å². The average Bonchev–Trinajstić information content (AvgIpc) is 3.57. The number of anilines is 1. The molecule has 1 amide bonds.